The quantitative estimate of drug-likeness (QED) is 0.113. The number of benzene rings is 3. The Morgan fingerprint density at radius 1 is 0.949 bits per heavy atom. The lowest BCUT2D eigenvalue weighted by atomic mass is 9.84. The second-order valence-electron chi connectivity index (χ2n) is 10.7. The maximum Gasteiger partial charge on any atom is 0.340 e. The molecule has 0 aliphatic carbocycles. The van der Waals surface area contributed by atoms with E-state index in [1.54, 1.807) is 25.1 Å². The number of hydrogen-bond acceptors (Lipinski definition) is 4. The first-order valence-corrected chi connectivity index (χ1v) is 14.7. The van der Waals surface area contributed by atoms with Crippen molar-refractivity contribution in [1.29, 1.82) is 0 Å². The maximum atomic E-state index is 15.4. The topological polar surface area (TPSA) is 64.2 Å². The van der Waals surface area contributed by atoms with Gasteiger partial charge < -0.3 is 14.1 Å². The van der Waals surface area contributed by atoms with Crippen molar-refractivity contribution in [3.05, 3.63) is 76.4 Å². The number of aromatic amines is 1. The van der Waals surface area contributed by atoms with Crippen LogP contribution in [0.4, 0.5) is 17.6 Å². The predicted molar refractivity (Wildman–Crippen MR) is 144 cm³/mol. The van der Waals surface area contributed by atoms with E-state index in [1.165, 1.54) is 25.3 Å². The van der Waals surface area contributed by atoms with Crippen molar-refractivity contribution in [3.63, 3.8) is 0 Å². The number of nitrogens with zero attached hydrogens (tertiary/aromatic N) is 1. The summed E-state index contributed by atoms with van der Waals surface area (Å²) in [5.41, 5.74) is -0.325. The standard InChI is InChI=1S/C29H29F4N2O3Si/c1-14-12-17(28(36)37-5)25-18(13-14)34-27(35-25)20-23(32)21(30)19(22(31)24(20)33)15-8-10-16(11-9-15)26(29(2,3)4)38-39(6)7/h8-13,26H,1-7H3,(H,34,35). The van der Waals surface area contributed by atoms with E-state index in [9.17, 15) is 4.79 Å². The average Bonchev–Trinajstić information content (AvgIpc) is 3.28. The molecule has 4 rings (SSSR count). The largest absolute Gasteiger partial charge is 0.465 e. The van der Waals surface area contributed by atoms with E-state index in [0.29, 0.717) is 5.56 Å². The van der Waals surface area contributed by atoms with Crippen LogP contribution in [0, 0.1) is 35.6 Å². The van der Waals surface area contributed by atoms with Gasteiger partial charge in [0.25, 0.3) is 0 Å². The molecule has 205 valence electrons. The van der Waals surface area contributed by atoms with Crippen LogP contribution >= 0.6 is 0 Å². The van der Waals surface area contributed by atoms with Crippen LogP contribution in [-0.2, 0) is 9.16 Å². The van der Waals surface area contributed by atoms with Gasteiger partial charge in [0, 0.05) is 0 Å². The Bertz CT molecular complexity index is 1530. The number of imidazole rings is 1. The molecule has 0 bridgehead atoms. The molecule has 5 nitrogen and oxygen atoms in total. The molecule has 0 spiro atoms. The molecule has 0 saturated carbocycles. The monoisotopic (exact) mass is 557 g/mol. The Kier molecular flexibility index (Phi) is 7.73. The van der Waals surface area contributed by atoms with Gasteiger partial charge in [-0.15, -0.1) is 0 Å². The summed E-state index contributed by atoms with van der Waals surface area (Å²) in [4.78, 5) is 19.0. The molecule has 1 N–H and O–H groups in total. The van der Waals surface area contributed by atoms with Gasteiger partial charge in [0.2, 0.25) is 9.04 Å². The first-order chi connectivity index (χ1) is 18.2. The summed E-state index contributed by atoms with van der Waals surface area (Å²) in [6.07, 6.45) is -0.271. The number of hydrogen-bond donors (Lipinski definition) is 1. The molecule has 10 heteroatoms. The number of fused-ring (bicyclic) bond motifs is 1. The molecule has 39 heavy (non-hydrogen) atoms. The fourth-order valence-electron chi connectivity index (χ4n) is 4.54. The number of ether oxygens (including phenoxy) is 1. The molecule has 1 radical (unpaired) electrons. The Balaban J connectivity index is 1.82. The smallest absolute Gasteiger partial charge is 0.340 e. The molecule has 1 heterocycles. The van der Waals surface area contributed by atoms with Gasteiger partial charge in [0.15, 0.2) is 23.3 Å². The Morgan fingerprint density at radius 2 is 1.51 bits per heavy atom. The summed E-state index contributed by atoms with van der Waals surface area (Å²) in [6, 6.07) is 9.22. The zero-order valence-electron chi connectivity index (χ0n) is 22.7. The molecule has 1 unspecified atom stereocenters. The second-order valence-corrected chi connectivity index (χ2v) is 12.7. The van der Waals surface area contributed by atoms with E-state index in [4.69, 9.17) is 9.16 Å². The fraction of sp³-hybridized carbons (Fsp3) is 0.310. The van der Waals surface area contributed by atoms with E-state index in [2.05, 4.69) is 9.97 Å². The summed E-state index contributed by atoms with van der Waals surface area (Å²) in [5.74, 6) is -7.51. The van der Waals surface area contributed by atoms with E-state index < -0.39 is 55.2 Å². The summed E-state index contributed by atoms with van der Waals surface area (Å²) in [7, 11) is 0.127. The number of carbonyl (C=O) groups is 1. The zero-order chi connectivity index (χ0) is 28.8. The lowest BCUT2D eigenvalue weighted by Crippen LogP contribution is -2.25. The predicted octanol–water partition coefficient (Wildman–Crippen LogP) is 7.90. The van der Waals surface area contributed by atoms with Gasteiger partial charge in [0.1, 0.15) is 11.3 Å². The number of aromatic nitrogens is 2. The SMILES string of the molecule is COC(=O)c1cc(C)cc2[nH]c(-c3c(F)c(F)c(-c4ccc(C(O[Si](C)C)C(C)(C)C)cc4)c(F)c3F)nc12. The van der Waals surface area contributed by atoms with Crippen LogP contribution in [0.5, 0.6) is 0 Å². The molecule has 4 aromatic rings. The van der Waals surface area contributed by atoms with Crippen LogP contribution in [0.2, 0.25) is 13.1 Å². The van der Waals surface area contributed by atoms with Crippen LogP contribution in [0.25, 0.3) is 33.5 Å². The van der Waals surface area contributed by atoms with Crippen LogP contribution in [-0.4, -0.2) is 32.1 Å². The van der Waals surface area contributed by atoms with Crippen molar-refractivity contribution >= 4 is 26.0 Å². The van der Waals surface area contributed by atoms with E-state index in [-0.39, 0.29) is 33.7 Å². The lowest BCUT2D eigenvalue weighted by Gasteiger charge is -2.33. The number of halogens is 4. The molecular formula is C29H29F4N2O3Si. The summed E-state index contributed by atoms with van der Waals surface area (Å²) >= 11 is 0. The van der Waals surface area contributed by atoms with Gasteiger partial charge in [0.05, 0.1) is 35.4 Å². The minimum absolute atomic E-state index is 0.0301. The third-order valence-corrected chi connectivity index (χ3v) is 6.99. The number of methoxy groups -OCH3 is 1. The van der Waals surface area contributed by atoms with Crippen molar-refractivity contribution in [2.75, 3.05) is 7.11 Å². The highest BCUT2D eigenvalue weighted by atomic mass is 28.3. The highest BCUT2D eigenvalue weighted by Gasteiger charge is 2.31. The lowest BCUT2D eigenvalue weighted by molar-refractivity contribution is 0.0602. The van der Waals surface area contributed by atoms with Crippen molar-refractivity contribution < 1.29 is 31.5 Å². The van der Waals surface area contributed by atoms with Gasteiger partial charge in [-0.25, -0.2) is 27.3 Å². The molecule has 3 aromatic carbocycles. The minimum atomic E-state index is -1.61. The minimum Gasteiger partial charge on any atom is -0.465 e. The summed E-state index contributed by atoms with van der Waals surface area (Å²) in [5, 5.41) is 0. The number of rotatable bonds is 6. The highest BCUT2D eigenvalue weighted by Crippen LogP contribution is 2.40. The molecule has 1 atom stereocenters. The van der Waals surface area contributed by atoms with Crippen LogP contribution in [0.1, 0.15) is 48.4 Å². The summed E-state index contributed by atoms with van der Waals surface area (Å²) in [6.45, 7) is 11.8. The molecule has 0 aliphatic rings. The van der Waals surface area contributed by atoms with Gasteiger partial charge in [-0.1, -0.05) is 45.0 Å². The number of carbonyl (C=O) groups excluding carboxylic acids is 1. The van der Waals surface area contributed by atoms with Crippen molar-refractivity contribution in [2.45, 2.75) is 46.9 Å². The maximum absolute atomic E-state index is 15.4. The molecule has 1 aromatic heterocycles. The number of aryl methyl sites for hydroxylation is 1. The molecule has 0 aliphatic heterocycles. The number of H-pyrrole nitrogens is 1. The Morgan fingerprint density at radius 3 is 2.03 bits per heavy atom. The van der Waals surface area contributed by atoms with Gasteiger partial charge in [-0.3, -0.25) is 0 Å². The normalized spacial score (nSPS) is 12.8. The van der Waals surface area contributed by atoms with Crippen molar-refractivity contribution in [2.24, 2.45) is 5.41 Å². The first-order valence-electron chi connectivity index (χ1n) is 12.3. The van der Waals surface area contributed by atoms with Crippen LogP contribution in [0.15, 0.2) is 36.4 Å². The Labute approximate surface area is 225 Å². The molecule has 0 fully saturated rings. The second kappa shape index (κ2) is 10.6. The van der Waals surface area contributed by atoms with Crippen molar-refractivity contribution in [1.82, 2.24) is 9.97 Å². The zero-order valence-corrected chi connectivity index (χ0v) is 23.7. The third-order valence-electron chi connectivity index (χ3n) is 6.28. The van der Waals surface area contributed by atoms with E-state index in [1.807, 2.05) is 33.9 Å². The summed E-state index contributed by atoms with van der Waals surface area (Å²) < 4.78 is 72.4. The van der Waals surface area contributed by atoms with Crippen LogP contribution in [0.3, 0.4) is 0 Å². The highest BCUT2D eigenvalue weighted by molar-refractivity contribution is 6.48. The first kappa shape index (κ1) is 28.5. The van der Waals surface area contributed by atoms with Gasteiger partial charge in [-0.05, 0) is 54.3 Å². The number of esters is 1. The third kappa shape index (κ3) is 5.35. The molecule has 0 amide bonds. The van der Waals surface area contributed by atoms with Gasteiger partial charge >= 0.3 is 5.97 Å². The van der Waals surface area contributed by atoms with Crippen LogP contribution < -0.4 is 0 Å². The molecule has 0 saturated heterocycles. The molecular weight excluding hydrogens is 528 g/mol. The van der Waals surface area contributed by atoms with E-state index in [0.717, 1.165) is 5.56 Å². The van der Waals surface area contributed by atoms with Gasteiger partial charge in [-0.2, -0.15) is 0 Å². The average molecular weight is 558 g/mol. The van der Waals surface area contributed by atoms with E-state index >= 15 is 17.6 Å². The Hall–Kier alpha value is -3.50. The fourth-order valence-corrected chi connectivity index (χ4v) is 5.51. The van der Waals surface area contributed by atoms with Crippen molar-refractivity contribution in [3.8, 4) is 22.5 Å². The number of nitrogens with one attached hydrogen (secondary N) is 1.